The molecule has 2 amide bonds. The zero-order chi connectivity index (χ0) is 21.0. The number of carboxylic acids is 3. The molecule has 0 fully saturated rings. The molecule has 7 N–H and O–H groups in total. The summed E-state index contributed by atoms with van der Waals surface area (Å²) in [5.41, 5.74) is 5.26. The van der Waals surface area contributed by atoms with Gasteiger partial charge in [0.2, 0.25) is 11.8 Å². The van der Waals surface area contributed by atoms with Crippen molar-refractivity contribution in [3.63, 3.8) is 0 Å². The number of hydrogen-bond donors (Lipinski definition) is 6. The van der Waals surface area contributed by atoms with Crippen LogP contribution in [0.3, 0.4) is 0 Å². The van der Waals surface area contributed by atoms with Crippen molar-refractivity contribution in [1.82, 2.24) is 10.6 Å². The van der Waals surface area contributed by atoms with E-state index in [1.165, 1.54) is 11.8 Å². The van der Waals surface area contributed by atoms with Crippen molar-refractivity contribution < 1.29 is 39.3 Å². The van der Waals surface area contributed by atoms with E-state index in [1.807, 2.05) is 0 Å². The summed E-state index contributed by atoms with van der Waals surface area (Å²) in [6, 6.07) is -3.67. The van der Waals surface area contributed by atoms with Crippen LogP contribution in [-0.4, -0.2) is 75.2 Å². The van der Waals surface area contributed by atoms with E-state index in [2.05, 4.69) is 10.6 Å². The Hall–Kier alpha value is -2.34. The summed E-state index contributed by atoms with van der Waals surface area (Å²) in [5, 5.41) is 31.3. The van der Waals surface area contributed by atoms with Crippen molar-refractivity contribution in [2.24, 2.45) is 5.73 Å². The molecule has 0 aromatic rings. The lowest BCUT2D eigenvalue weighted by Crippen LogP contribution is -2.44. The molecule has 0 saturated carbocycles. The highest BCUT2D eigenvalue weighted by atomic mass is 32.2. The normalized spacial score (nSPS) is 13.9. The van der Waals surface area contributed by atoms with Crippen molar-refractivity contribution in [2.45, 2.75) is 50.2 Å². The number of amides is 2. The van der Waals surface area contributed by atoms with Gasteiger partial charge in [0.25, 0.3) is 0 Å². The van der Waals surface area contributed by atoms with E-state index in [4.69, 9.17) is 21.1 Å². The number of thioether (sulfide) groups is 1. The maximum absolute atomic E-state index is 11.9. The van der Waals surface area contributed by atoms with Gasteiger partial charge in [0.05, 0.1) is 0 Å². The molecule has 0 aliphatic carbocycles. The highest BCUT2D eigenvalue weighted by molar-refractivity contribution is 7.98. The number of rotatable bonds is 14. The molecule has 0 unspecified atom stereocenters. The summed E-state index contributed by atoms with van der Waals surface area (Å²) in [7, 11) is 0. The second-order valence-corrected chi connectivity index (χ2v) is 6.71. The third-order valence-corrected chi connectivity index (χ3v) is 4.18. The minimum absolute atomic E-state index is 0.163. The van der Waals surface area contributed by atoms with Gasteiger partial charge in [-0.15, -0.1) is 0 Å². The van der Waals surface area contributed by atoms with E-state index in [1.54, 1.807) is 6.26 Å². The van der Waals surface area contributed by atoms with Crippen LogP contribution in [0.5, 0.6) is 0 Å². The first-order valence-corrected chi connectivity index (χ1v) is 9.49. The fourth-order valence-corrected chi connectivity index (χ4v) is 2.44. The summed E-state index contributed by atoms with van der Waals surface area (Å²) in [6.07, 6.45) is 1.04. The Labute approximate surface area is 160 Å². The van der Waals surface area contributed by atoms with Gasteiger partial charge in [-0.2, -0.15) is 11.8 Å². The van der Waals surface area contributed by atoms with Crippen LogP contribution in [-0.2, 0) is 24.0 Å². The van der Waals surface area contributed by atoms with Crippen molar-refractivity contribution in [3.8, 4) is 0 Å². The van der Waals surface area contributed by atoms with Gasteiger partial charge >= 0.3 is 17.9 Å². The first kappa shape index (κ1) is 24.7. The molecular weight excluding hydrogens is 382 g/mol. The van der Waals surface area contributed by atoms with Crippen LogP contribution in [0.15, 0.2) is 0 Å². The molecule has 0 aromatic carbocycles. The smallest absolute Gasteiger partial charge is 0.326 e. The van der Waals surface area contributed by atoms with E-state index >= 15 is 0 Å². The SMILES string of the molecule is CSCC[C@H](NC(=O)CC[C@H](NC(=O)CC[C@H](N)C(=O)O)C(=O)O)C(=O)O. The summed E-state index contributed by atoms with van der Waals surface area (Å²) in [6.45, 7) is 0. The largest absolute Gasteiger partial charge is 0.480 e. The summed E-state index contributed by atoms with van der Waals surface area (Å²) in [4.78, 5) is 56.4. The van der Waals surface area contributed by atoms with Gasteiger partial charge in [-0.05, 0) is 31.3 Å². The average Bonchev–Trinajstić information content (AvgIpc) is 2.59. The number of carboxylic acid groups (broad SMARTS) is 3. The lowest BCUT2D eigenvalue weighted by atomic mass is 10.1. The zero-order valence-electron chi connectivity index (χ0n) is 14.8. The second-order valence-electron chi connectivity index (χ2n) is 5.72. The number of carbonyl (C=O) groups is 5. The van der Waals surface area contributed by atoms with Gasteiger partial charge in [-0.1, -0.05) is 0 Å². The summed E-state index contributed by atoms with van der Waals surface area (Å²) < 4.78 is 0. The molecule has 0 aliphatic heterocycles. The molecular formula is C15H25N3O8S. The van der Waals surface area contributed by atoms with Crippen LogP contribution in [0.25, 0.3) is 0 Å². The summed E-state index contributed by atoms with van der Waals surface area (Å²) >= 11 is 1.43. The first-order valence-electron chi connectivity index (χ1n) is 8.10. The highest BCUT2D eigenvalue weighted by Crippen LogP contribution is 2.04. The third-order valence-electron chi connectivity index (χ3n) is 3.54. The Balaban J connectivity index is 4.50. The number of nitrogens with two attached hydrogens (primary N) is 1. The lowest BCUT2D eigenvalue weighted by molar-refractivity contribution is -0.143. The van der Waals surface area contributed by atoms with Gasteiger partial charge in [-0.25, -0.2) is 9.59 Å². The molecule has 11 nitrogen and oxygen atoms in total. The number of hydrogen-bond acceptors (Lipinski definition) is 7. The van der Waals surface area contributed by atoms with Crippen LogP contribution in [0.4, 0.5) is 0 Å². The van der Waals surface area contributed by atoms with Gasteiger partial charge in [0.15, 0.2) is 0 Å². The average molecular weight is 407 g/mol. The number of aliphatic carboxylic acids is 3. The van der Waals surface area contributed by atoms with Crippen LogP contribution in [0, 0.1) is 0 Å². The van der Waals surface area contributed by atoms with Crippen molar-refractivity contribution in [3.05, 3.63) is 0 Å². The highest BCUT2D eigenvalue weighted by Gasteiger charge is 2.24. The molecule has 0 aromatic heterocycles. The van der Waals surface area contributed by atoms with Crippen molar-refractivity contribution >= 4 is 41.5 Å². The second kappa shape index (κ2) is 12.9. The Morgan fingerprint density at radius 3 is 1.67 bits per heavy atom. The minimum Gasteiger partial charge on any atom is -0.480 e. The third kappa shape index (κ3) is 11.1. The monoisotopic (exact) mass is 407 g/mol. The Kier molecular flexibility index (Phi) is 11.8. The van der Waals surface area contributed by atoms with Crippen LogP contribution in [0.2, 0.25) is 0 Å². The molecule has 0 rings (SSSR count). The molecule has 0 spiro atoms. The maximum atomic E-state index is 11.9. The number of carbonyl (C=O) groups excluding carboxylic acids is 2. The quantitative estimate of drug-likeness (QED) is 0.204. The summed E-state index contributed by atoms with van der Waals surface area (Å²) in [5.74, 6) is -4.64. The molecule has 154 valence electrons. The molecule has 3 atom stereocenters. The van der Waals surface area contributed by atoms with E-state index in [-0.39, 0.29) is 32.1 Å². The van der Waals surface area contributed by atoms with Crippen LogP contribution >= 0.6 is 11.8 Å². The molecule has 0 aliphatic rings. The Morgan fingerprint density at radius 2 is 1.26 bits per heavy atom. The van der Waals surface area contributed by atoms with Gasteiger partial charge in [0.1, 0.15) is 18.1 Å². The molecule has 12 heteroatoms. The molecule has 0 radical (unpaired) electrons. The molecule has 0 saturated heterocycles. The standard InChI is InChI=1S/C15H25N3O8S/c1-27-7-6-10(15(25)26)18-12(20)5-3-9(14(23)24)17-11(19)4-2-8(16)13(21)22/h8-10H,2-7,16H2,1H3,(H,17,19)(H,18,20)(H,21,22)(H,23,24)(H,25,26)/t8-,9-,10-/m0/s1. The van der Waals surface area contributed by atoms with Gasteiger partial charge in [0, 0.05) is 12.8 Å². The predicted octanol–water partition coefficient (Wildman–Crippen LogP) is -1.15. The topological polar surface area (TPSA) is 196 Å². The minimum atomic E-state index is -1.36. The molecule has 0 bridgehead atoms. The van der Waals surface area contributed by atoms with Crippen molar-refractivity contribution in [2.75, 3.05) is 12.0 Å². The van der Waals surface area contributed by atoms with Gasteiger partial charge < -0.3 is 31.7 Å². The lowest BCUT2D eigenvalue weighted by Gasteiger charge is -2.17. The fourth-order valence-electron chi connectivity index (χ4n) is 1.97. The van der Waals surface area contributed by atoms with Crippen LogP contribution in [0.1, 0.15) is 32.1 Å². The van der Waals surface area contributed by atoms with Gasteiger partial charge in [-0.3, -0.25) is 14.4 Å². The Bertz CT molecular complexity index is 557. The Morgan fingerprint density at radius 1 is 0.815 bits per heavy atom. The van der Waals surface area contributed by atoms with E-state index in [9.17, 15) is 24.0 Å². The molecule has 0 heterocycles. The maximum Gasteiger partial charge on any atom is 0.326 e. The van der Waals surface area contributed by atoms with E-state index in [0.29, 0.717) is 5.75 Å². The van der Waals surface area contributed by atoms with E-state index in [0.717, 1.165) is 0 Å². The van der Waals surface area contributed by atoms with E-state index < -0.39 is 47.8 Å². The molecule has 27 heavy (non-hydrogen) atoms. The predicted molar refractivity (Wildman–Crippen MR) is 96.2 cm³/mol. The van der Waals surface area contributed by atoms with Crippen LogP contribution < -0.4 is 16.4 Å². The number of nitrogens with one attached hydrogen (secondary N) is 2. The first-order chi connectivity index (χ1) is 12.6. The zero-order valence-corrected chi connectivity index (χ0v) is 15.7. The van der Waals surface area contributed by atoms with Crippen molar-refractivity contribution in [1.29, 1.82) is 0 Å². The fraction of sp³-hybridized carbons (Fsp3) is 0.667.